The molecule has 0 spiro atoms. The summed E-state index contributed by atoms with van der Waals surface area (Å²) in [7, 11) is -4.66. The Labute approximate surface area is 94.6 Å². The van der Waals surface area contributed by atoms with E-state index in [9.17, 15) is 13.2 Å². The van der Waals surface area contributed by atoms with E-state index >= 15 is 0 Å². The van der Waals surface area contributed by atoms with Crippen molar-refractivity contribution in [2.45, 2.75) is 5.03 Å². The number of H-pyrrole nitrogens is 1. The van der Waals surface area contributed by atoms with E-state index in [0.717, 1.165) is 0 Å². The Morgan fingerprint density at radius 3 is 2.69 bits per heavy atom. The quantitative estimate of drug-likeness (QED) is 0.740. The number of aromatic amines is 1. The summed E-state index contributed by atoms with van der Waals surface area (Å²) >= 11 is 5.77. The van der Waals surface area contributed by atoms with Crippen molar-refractivity contribution in [1.82, 2.24) is 9.97 Å². The zero-order chi connectivity index (χ0) is 11.9. The summed E-state index contributed by atoms with van der Waals surface area (Å²) in [6.07, 6.45) is 0. The third kappa shape index (κ3) is 1.80. The fourth-order valence-corrected chi connectivity index (χ4v) is 1.94. The molecule has 0 unspecified atom stereocenters. The van der Waals surface area contributed by atoms with Crippen molar-refractivity contribution >= 4 is 32.8 Å². The number of para-hydroxylation sites is 1. The molecule has 0 atom stereocenters. The van der Waals surface area contributed by atoms with Gasteiger partial charge in [-0.3, -0.25) is 9.35 Å². The lowest BCUT2D eigenvalue weighted by molar-refractivity contribution is 0.478. The Balaban J connectivity index is 2.96. The van der Waals surface area contributed by atoms with Crippen LogP contribution in [-0.4, -0.2) is 22.9 Å². The van der Waals surface area contributed by atoms with Crippen molar-refractivity contribution in [3.63, 3.8) is 0 Å². The van der Waals surface area contributed by atoms with Gasteiger partial charge in [-0.2, -0.15) is 8.42 Å². The van der Waals surface area contributed by atoms with Crippen LogP contribution >= 0.6 is 11.6 Å². The van der Waals surface area contributed by atoms with E-state index < -0.39 is 20.7 Å². The van der Waals surface area contributed by atoms with Gasteiger partial charge in [0.15, 0.2) is 0 Å². The Kier molecular flexibility index (Phi) is 2.45. The number of nitrogens with one attached hydrogen (secondary N) is 1. The molecule has 8 heteroatoms. The van der Waals surface area contributed by atoms with Crippen LogP contribution in [0.25, 0.3) is 11.0 Å². The van der Waals surface area contributed by atoms with Gasteiger partial charge in [0.2, 0.25) is 5.03 Å². The molecule has 0 aliphatic carbocycles. The van der Waals surface area contributed by atoms with Gasteiger partial charge in [-0.25, -0.2) is 4.98 Å². The lowest BCUT2D eigenvalue weighted by Crippen LogP contribution is -2.19. The molecule has 0 aliphatic rings. The summed E-state index contributed by atoms with van der Waals surface area (Å²) in [4.78, 5) is 17.1. The van der Waals surface area contributed by atoms with Crippen LogP contribution in [0.2, 0.25) is 5.02 Å². The molecule has 0 saturated carbocycles. The molecule has 2 N–H and O–H groups in total. The van der Waals surface area contributed by atoms with Crippen LogP contribution in [0.15, 0.2) is 28.0 Å². The number of nitrogens with zero attached hydrogens (tertiary/aromatic N) is 1. The minimum atomic E-state index is -4.66. The maximum Gasteiger partial charge on any atom is 0.317 e. The average molecular weight is 261 g/mol. The number of fused-ring (bicyclic) bond motifs is 1. The van der Waals surface area contributed by atoms with Crippen LogP contribution in [0.4, 0.5) is 0 Å². The first-order chi connectivity index (χ1) is 7.39. The predicted octanol–water partition coefficient (Wildman–Crippen LogP) is 0.823. The van der Waals surface area contributed by atoms with E-state index in [0.29, 0.717) is 5.52 Å². The molecule has 1 heterocycles. The lowest BCUT2D eigenvalue weighted by atomic mass is 10.3. The molecule has 16 heavy (non-hydrogen) atoms. The van der Waals surface area contributed by atoms with Gasteiger partial charge in [0.05, 0.1) is 10.5 Å². The summed E-state index contributed by atoms with van der Waals surface area (Å²) in [5.41, 5.74) is -0.585. The second-order valence-corrected chi connectivity index (χ2v) is 4.73. The molecule has 0 aliphatic heterocycles. The van der Waals surface area contributed by atoms with Gasteiger partial charge in [0, 0.05) is 0 Å². The summed E-state index contributed by atoms with van der Waals surface area (Å²) in [5.74, 6) is 0. The molecule has 84 valence electrons. The zero-order valence-corrected chi connectivity index (χ0v) is 9.21. The van der Waals surface area contributed by atoms with Gasteiger partial charge < -0.3 is 4.98 Å². The smallest absolute Gasteiger partial charge is 0.317 e. The average Bonchev–Trinajstić information content (AvgIpc) is 2.15. The fourth-order valence-electron chi connectivity index (χ4n) is 1.23. The highest BCUT2D eigenvalue weighted by Gasteiger charge is 2.18. The highest BCUT2D eigenvalue weighted by Crippen LogP contribution is 2.19. The van der Waals surface area contributed by atoms with E-state index in [1.807, 2.05) is 0 Å². The third-order valence-corrected chi connectivity index (χ3v) is 2.96. The van der Waals surface area contributed by atoms with Crippen molar-refractivity contribution in [3.05, 3.63) is 33.6 Å². The maximum absolute atomic E-state index is 11.3. The molecular weight excluding hydrogens is 256 g/mol. The molecular formula is C8H5ClN2O4S. The first-order valence-electron chi connectivity index (χ1n) is 4.05. The number of aromatic nitrogens is 2. The maximum atomic E-state index is 11.3. The number of benzene rings is 1. The molecule has 0 bridgehead atoms. The number of hydrogen-bond acceptors (Lipinski definition) is 4. The zero-order valence-electron chi connectivity index (χ0n) is 7.64. The van der Waals surface area contributed by atoms with Crippen LogP contribution in [0.5, 0.6) is 0 Å². The summed E-state index contributed by atoms with van der Waals surface area (Å²) < 4.78 is 30.4. The van der Waals surface area contributed by atoms with Crippen molar-refractivity contribution < 1.29 is 13.0 Å². The molecule has 2 rings (SSSR count). The molecule has 2 aromatic rings. The highest BCUT2D eigenvalue weighted by molar-refractivity contribution is 7.85. The summed E-state index contributed by atoms with van der Waals surface area (Å²) in [6.45, 7) is 0. The Hall–Kier alpha value is -1.44. The van der Waals surface area contributed by atoms with Gasteiger partial charge in [-0.15, -0.1) is 0 Å². The second-order valence-electron chi connectivity index (χ2n) is 2.98. The largest absolute Gasteiger partial charge is 0.318 e. The number of rotatable bonds is 1. The minimum Gasteiger partial charge on any atom is -0.318 e. The Bertz CT molecular complexity index is 722. The number of halogens is 1. The van der Waals surface area contributed by atoms with Crippen molar-refractivity contribution in [1.29, 1.82) is 0 Å². The minimum absolute atomic E-state index is 0.108. The molecule has 0 amide bonds. The lowest BCUT2D eigenvalue weighted by Gasteiger charge is -2.00. The van der Waals surface area contributed by atoms with Crippen LogP contribution in [0, 0.1) is 0 Å². The van der Waals surface area contributed by atoms with Crippen LogP contribution in [0.3, 0.4) is 0 Å². The summed E-state index contributed by atoms with van der Waals surface area (Å²) in [6, 6.07) is 4.59. The molecule has 6 nitrogen and oxygen atoms in total. The molecule has 0 saturated heterocycles. The summed E-state index contributed by atoms with van der Waals surface area (Å²) in [5, 5.41) is -0.785. The van der Waals surface area contributed by atoms with Crippen LogP contribution in [-0.2, 0) is 10.1 Å². The first-order valence-corrected chi connectivity index (χ1v) is 5.87. The van der Waals surface area contributed by atoms with Gasteiger partial charge in [0.1, 0.15) is 5.52 Å². The van der Waals surface area contributed by atoms with Crippen LogP contribution < -0.4 is 5.56 Å². The van der Waals surface area contributed by atoms with E-state index in [-0.39, 0.29) is 10.5 Å². The number of hydrogen-bond donors (Lipinski definition) is 2. The SMILES string of the molecule is O=c1[nH]c2cccc(Cl)c2nc1S(=O)(=O)O. The predicted molar refractivity (Wildman–Crippen MR) is 57.2 cm³/mol. The fraction of sp³-hybridized carbons (Fsp3) is 0. The van der Waals surface area contributed by atoms with Crippen molar-refractivity contribution in [2.24, 2.45) is 0 Å². The van der Waals surface area contributed by atoms with Gasteiger partial charge >= 0.3 is 10.1 Å². The van der Waals surface area contributed by atoms with E-state index in [1.54, 1.807) is 6.07 Å². The molecule has 1 aromatic heterocycles. The van der Waals surface area contributed by atoms with Gasteiger partial charge in [-0.1, -0.05) is 17.7 Å². The topological polar surface area (TPSA) is 100 Å². The van der Waals surface area contributed by atoms with E-state index in [2.05, 4.69) is 9.97 Å². The highest BCUT2D eigenvalue weighted by atomic mass is 35.5. The molecule has 0 radical (unpaired) electrons. The first kappa shape index (κ1) is 11.1. The monoisotopic (exact) mass is 260 g/mol. The van der Waals surface area contributed by atoms with Crippen molar-refractivity contribution in [2.75, 3.05) is 0 Å². The Morgan fingerprint density at radius 2 is 2.06 bits per heavy atom. The van der Waals surface area contributed by atoms with E-state index in [4.69, 9.17) is 16.2 Å². The molecule has 1 aromatic carbocycles. The Morgan fingerprint density at radius 1 is 1.38 bits per heavy atom. The van der Waals surface area contributed by atoms with Gasteiger partial charge in [-0.05, 0) is 12.1 Å². The van der Waals surface area contributed by atoms with Crippen LogP contribution in [0.1, 0.15) is 0 Å². The third-order valence-electron chi connectivity index (χ3n) is 1.89. The van der Waals surface area contributed by atoms with Crippen molar-refractivity contribution in [3.8, 4) is 0 Å². The normalized spacial score (nSPS) is 11.9. The standard InChI is InChI=1S/C8H5ClN2O4S/c9-4-2-1-3-5-6(4)11-8(7(12)10-5)16(13,14)15/h1-3H,(H,10,12)(H,13,14,15). The van der Waals surface area contributed by atoms with E-state index in [1.165, 1.54) is 12.1 Å². The molecule has 0 fully saturated rings. The van der Waals surface area contributed by atoms with Gasteiger partial charge in [0.25, 0.3) is 5.56 Å². The second kappa shape index (κ2) is 3.55.